The van der Waals surface area contributed by atoms with Gasteiger partial charge in [-0.25, -0.2) is 17.2 Å². The summed E-state index contributed by atoms with van der Waals surface area (Å²) in [6, 6.07) is 7.00. The quantitative estimate of drug-likeness (QED) is 0.611. The van der Waals surface area contributed by atoms with Crippen molar-refractivity contribution < 1.29 is 41.0 Å². The number of hydrogen-bond acceptors (Lipinski definition) is 7. The molecule has 2 heterocycles. The summed E-state index contributed by atoms with van der Waals surface area (Å²) in [5.41, 5.74) is -0.362. The minimum Gasteiger partial charge on any atom is -0.486 e. The fourth-order valence-corrected chi connectivity index (χ4v) is 5.18. The molecule has 2 aromatic carbocycles. The first-order chi connectivity index (χ1) is 16.2. The number of fused-ring (bicyclic) bond motifs is 1. The molecule has 0 aliphatic carbocycles. The van der Waals surface area contributed by atoms with Crippen molar-refractivity contribution in [3.05, 3.63) is 48.0 Å². The summed E-state index contributed by atoms with van der Waals surface area (Å²) in [5, 5.41) is 2.14. The number of hydrogen-bond donors (Lipinski definition) is 1. The Hall–Kier alpha value is -3.25. The Morgan fingerprint density at radius 3 is 2.47 bits per heavy atom. The molecule has 0 bridgehead atoms. The number of benzene rings is 2. The van der Waals surface area contributed by atoms with Crippen LogP contribution in [0, 0.1) is 17.6 Å². The minimum absolute atomic E-state index is 0.0685. The Labute approximate surface area is 194 Å². The van der Waals surface area contributed by atoms with Crippen LogP contribution in [0.2, 0.25) is 0 Å². The van der Waals surface area contributed by atoms with Crippen LogP contribution in [0.1, 0.15) is 12.8 Å². The number of nitrogens with one attached hydrogen (secondary N) is 1. The maximum absolute atomic E-state index is 13.6. The van der Waals surface area contributed by atoms with Gasteiger partial charge in [0.05, 0.1) is 16.5 Å². The number of carbonyl (C=O) groups excluding carboxylic acids is 2. The molecular weight excluding hydrogens is 474 g/mol. The highest BCUT2D eigenvalue weighted by atomic mass is 32.2. The van der Waals surface area contributed by atoms with Crippen molar-refractivity contribution in [2.75, 3.05) is 38.2 Å². The van der Waals surface area contributed by atoms with E-state index >= 15 is 0 Å². The van der Waals surface area contributed by atoms with Gasteiger partial charge in [-0.3, -0.25) is 9.59 Å². The summed E-state index contributed by atoms with van der Waals surface area (Å²) in [7, 11) is -3.80. The van der Waals surface area contributed by atoms with E-state index < -0.39 is 46.1 Å². The first-order valence-corrected chi connectivity index (χ1v) is 12.0. The average Bonchev–Trinajstić information content (AvgIpc) is 2.84. The molecule has 2 aliphatic rings. The number of nitrogens with zero attached hydrogens (tertiary/aromatic N) is 1. The van der Waals surface area contributed by atoms with Gasteiger partial charge >= 0.3 is 5.97 Å². The lowest BCUT2D eigenvalue weighted by atomic mass is 9.98. The molecule has 4 rings (SSSR count). The van der Waals surface area contributed by atoms with E-state index in [-0.39, 0.29) is 36.5 Å². The zero-order chi connectivity index (χ0) is 24.3. The monoisotopic (exact) mass is 496 g/mol. The molecule has 0 radical (unpaired) electrons. The van der Waals surface area contributed by atoms with Gasteiger partial charge < -0.3 is 19.5 Å². The molecule has 0 unspecified atom stereocenters. The van der Waals surface area contributed by atoms with Crippen LogP contribution in [-0.4, -0.2) is 57.5 Å². The van der Waals surface area contributed by atoms with Crippen LogP contribution in [0.25, 0.3) is 0 Å². The van der Waals surface area contributed by atoms with E-state index in [0.29, 0.717) is 24.7 Å². The van der Waals surface area contributed by atoms with E-state index in [1.54, 1.807) is 6.07 Å². The topological polar surface area (TPSA) is 111 Å². The van der Waals surface area contributed by atoms with Crippen LogP contribution in [0.15, 0.2) is 41.3 Å². The van der Waals surface area contributed by atoms with Gasteiger partial charge in [0.2, 0.25) is 10.0 Å². The van der Waals surface area contributed by atoms with Gasteiger partial charge in [0, 0.05) is 25.2 Å². The maximum atomic E-state index is 13.6. The molecule has 182 valence electrons. The molecule has 34 heavy (non-hydrogen) atoms. The van der Waals surface area contributed by atoms with Crippen molar-refractivity contribution in [1.82, 2.24) is 4.31 Å². The Morgan fingerprint density at radius 2 is 1.74 bits per heavy atom. The summed E-state index contributed by atoms with van der Waals surface area (Å²) < 4.78 is 69.9. The fraction of sp³-hybridized carbons (Fsp3) is 0.364. The molecule has 1 N–H and O–H groups in total. The molecule has 1 saturated heterocycles. The molecule has 12 heteroatoms. The molecule has 0 atom stereocenters. The van der Waals surface area contributed by atoms with Crippen LogP contribution >= 0.6 is 0 Å². The van der Waals surface area contributed by atoms with Crippen LogP contribution in [0.4, 0.5) is 14.5 Å². The molecule has 9 nitrogen and oxygen atoms in total. The predicted molar refractivity (Wildman–Crippen MR) is 115 cm³/mol. The number of esters is 1. The molecule has 2 aromatic rings. The number of amides is 1. The van der Waals surface area contributed by atoms with Crippen molar-refractivity contribution in [1.29, 1.82) is 0 Å². The lowest BCUT2D eigenvalue weighted by Crippen LogP contribution is -2.41. The van der Waals surface area contributed by atoms with Gasteiger partial charge in [-0.2, -0.15) is 4.31 Å². The lowest BCUT2D eigenvalue weighted by Gasteiger charge is -2.30. The van der Waals surface area contributed by atoms with Crippen LogP contribution < -0.4 is 14.8 Å². The van der Waals surface area contributed by atoms with Gasteiger partial charge in [0.1, 0.15) is 24.8 Å². The minimum atomic E-state index is -3.80. The predicted octanol–water partition coefficient (Wildman–Crippen LogP) is 2.32. The highest BCUT2D eigenvalue weighted by Crippen LogP contribution is 2.34. The van der Waals surface area contributed by atoms with Gasteiger partial charge in [-0.15, -0.1) is 0 Å². The third-order valence-electron chi connectivity index (χ3n) is 5.49. The zero-order valence-corrected chi connectivity index (χ0v) is 18.8. The van der Waals surface area contributed by atoms with E-state index in [0.717, 1.165) is 18.2 Å². The lowest BCUT2D eigenvalue weighted by molar-refractivity contribution is -0.152. The second-order valence-corrected chi connectivity index (χ2v) is 9.70. The SMILES string of the molecule is O=C(COC(=O)C1CCN(S(=O)(=O)c2ccc3c(c2)OCCO3)CC1)Nc1cc(F)ccc1F. The van der Waals surface area contributed by atoms with E-state index in [1.807, 2.05) is 0 Å². The average molecular weight is 496 g/mol. The van der Waals surface area contributed by atoms with Crippen LogP contribution in [-0.2, 0) is 24.3 Å². The van der Waals surface area contributed by atoms with E-state index in [9.17, 15) is 26.8 Å². The summed E-state index contributed by atoms with van der Waals surface area (Å²) in [5.74, 6) is -2.79. The highest BCUT2D eigenvalue weighted by molar-refractivity contribution is 7.89. The maximum Gasteiger partial charge on any atom is 0.309 e. The van der Waals surface area contributed by atoms with Crippen molar-refractivity contribution in [3.63, 3.8) is 0 Å². The van der Waals surface area contributed by atoms with E-state index in [4.69, 9.17) is 14.2 Å². The number of anilines is 1. The number of piperidine rings is 1. The van der Waals surface area contributed by atoms with Crippen molar-refractivity contribution in [3.8, 4) is 11.5 Å². The largest absolute Gasteiger partial charge is 0.486 e. The summed E-state index contributed by atoms with van der Waals surface area (Å²) in [4.78, 5) is 24.3. The third kappa shape index (κ3) is 5.28. The number of ether oxygens (including phenoxy) is 3. The second-order valence-electron chi connectivity index (χ2n) is 7.76. The summed E-state index contributed by atoms with van der Waals surface area (Å²) >= 11 is 0. The van der Waals surface area contributed by atoms with Crippen LogP contribution in [0.3, 0.4) is 0 Å². The van der Waals surface area contributed by atoms with E-state index in [2.05, 4.69) is 5.32 Å². The second kappa shape index (κ2) is 9.94. The van der Waals surface area contributed by atoms with Gasteiger partial charge in [0.25, 0.3) is 5.91 Å². The standard InChI is InChI=1S/C22H22F2N2O7S/c23-15-1-3-17(24)18(11-15)25-21(27)13-33-22(28)14-5-7-26(8-6-14)34(29,30)16-2-4-19-20(12-16)32-10-9-31-19/h1-4,11-12,14H,5-10,13H2,(H,25,27). The van der Waals surface area contributed by atoms with Crippen LogP contribution in [0.5, 0.6) is 11.5 Å². The Balaban J connectivity index is 1.28. The third-order valence-corrected chi connectivity index (χ3v) is 7.38. The highest BCUT2D eigenvalue weighted by Gasteiger charge is 2.33. The molecule has 1 fully saturated rings. The summed E-state index contributed by atoms with van der Waals surface area (Å²) in [6.07, 6.45) is 0.422. The molecule has 0 saturated carbocycles. The normalized spacial score (nSPS) is 16.6. The summed E-state index contributed by atoms with van der Waals surface area (Å²) in [6.45, 7) is 0.240. The fourth-order valence-electron chi connectivity index (χ4n) is 3.70. The Morgan fingerprint density at radius 1 is 1.03 bits per heavy atom. The first-order valence-electron chi connectivity index (χ1n) is 10.6. The molecule has 2 aliphatic heterocycles. The smallest absolute Gasteiger partial charge is 0.309 e. The number of halogens is 2. The van der Waals surface area contributed by atoms with E-state index in [1.165, 1.54) is 16.4 Å². The molecular formula is C22H22F2N2O7S. The van der Waals surface area contributed by atoms with Gasteiger partial charge in [0.15, 0.2) is 18.1 Å². The van der Waals surface area contributed by atoms with Crippen molar-refractivity contribution in [2.24, 2.45) is 5.92 Å². The number of sulfonamides is 1. The number of rotatable bonds is 6. The van der Waals surface area contributed by atoms with Crippen molar-refractivity contribution >= 4 is 27.6 Å². The van der Waals surface area contributed by atoms with Crippen molar-refractivity contribution in [2.45, 2.75) is 17.7 Å². The number of carbonyl (C=O) groups is 2. The van der Waals surface area contributed by atoms with Gasteiger partial charge in [-0.1, -0.05) is 0 Å². The Kier molecular flexibility index (Phi) is 6.98. The Bertz CT molecular complexity index is 1200. The van der Waals surface area contributed by atoms with Gasteiger partial charge in [-0.05, 0) is 37.1 Å². The molecule has 0 aromatic heterocycles. The molecule has 1 amide bonds. The molecule has 0 spiro atoms. The zero-order valence-electron chi connectivity index (χ0n) is 18.0. The first kappa shape index (κ1) is 23.9.